The van der Waals surface area contributed by atoms with Crippen LogP contribution in [-0.2, 0) is 0 Å². The van der Waals surface area contributed by atoms with Gasteiger partial charge in [-0.25, -0.2) is 8.78 Å². The molecule has 0 N–H and O–H groups in total. The van der Waals surface area contributed by atoms with Crippen molar-refractivity contribution in [2.45, 2.75) is 0 Å². The lowest BCUT2D eigenvalue weighted by atomic mass is 10.0. The molecule has 98 valence electrons. The van der Waals surface area contributed by atoms with E-state index < -0.39 is 17.4 Å². The van der Waals surface area contributed by atoms with Gasteiger partial charge in [0.2, 0.25) is 0 Å². The molecule has 0 aliphatic rings. The van der Waals surface area contributed by atoms with E-state index in [9.17, 15) is 13.6 Å². The van der Waals surface area contributed by atoms with Crippen LogP contribution in [0, 0.1) is 11.6 Å². The summed E-state index contributed by atoms with van der Waals surface area (Å²) < 4.78 is 32.1. The van der Waals surface area contributed by atoms with E-state index in [2.05, 4.69) is 15.9 Å². The highest BCUT2D eigenvalue weighted by Gasteiger charge is 2.17. The van der Waals surface area contributed by atoms with Crippen molar-refractivity contribution in [2.24, 2.45) is 0 Å². The summed E-state index contributed by atoms with van der Waals surface area (Å²) in [6, 6.07) is 8.07. The predicted molar refractivity (Wildman–Crippen MR) is 70.5 cm³/mol. The van der Waals surface area contributed by atoms with Gasteiger partial charge in [0.15, 0.2) is 5.78 Å². The van der Waals surface area contributed by atoms with Gasteiger partial charge in [-0.3, -0.25) is 4.79 Å². The first-order valence-electron chi connectivity index (χ1n) is 5.36. The second-order valence-corrected chi connectivity index (χ2v) is 4.66. The topological polar surface area (TPSA) is 26.3 Å². The van der Waals surface area contributed by atoms with Crippen molar-refractivity contribution < 1.29 is 18.3 Å². The van der Waals surface area contributed by atoms with Crippen molar-refractivity contribution in [1.82, 2.24) is 0 Å². The Morgan fingerprint density at radius 1 is 1.16 bits per heavy atom. The molecule has 0 saturated carbocycles. The van der Waals surface area contributed by atoms with Crippen LogP contribution < -0.4 is 4.74 Å². The van der Waals surface area contributed by atoms with E-state index >= 15 is 0 Å². The van der Waals surface area contributed by atoms with Crippen molar-refractivity contribution in [2.75, 3.05) is 7.11 Å². The van der Waals surface area contributed by atoms with E-state index in [0.29, 0.717) is 5.75 Å². The van der Waals surface area contributed by atoms with E-state index in [-0.39, 0.29) is 15.6 Å². The summed E-state index contributed by atoms with van der Waals surface area (Å²) in [5.41, 5.74) is -0.0751. The lowest BCUT2D eigenvalue weighted by Gasteiger charge is -2.06. The fourth-order valence-corrected chi connectivity index (χ4v) is 1.93. The summed E-state index contributed by atoms with van der Waals surface area (Å²) >= 11 is 2.86. The smallest absolute Gasteiger partial charge is 0.196 e. The number of halogens is 3. The van der Waals surface area contributed by atoms with Gasteiger partial charge in [-0.1, -0.05) is 12.1 Å². The molecule has 0 amide bonds. The molecule has 0 heterocycles. The number of carbonyl (C=O) groups is 1. The number of benzene rings is 2. The van der Waals surface area contributed by atoms with Gasteiger partial charge in [-0.2, -0.15) is 0 Å². The van der Waals surface area contributed by atoms with E-state index in [0.717, 1.165) is 12.1 Å². The first-order chi connectivity index (χ1) is 9.02. The van der Waals surface area contributed by atoms with Crippen molar-refractivity contribution in [1.29, 1.82) is 0 Å². The van der Waals surface area contributed by atoms with Crippen molar-refractivity contribution in [3.05, 3.63) is 63.6 Å². The summed E-state index contributed by atoms with van der Waals surface area (Å²) in [6.07, 6.45) is 0. The van der Waals surface area contributed by atoms with Crippen LogP contribution in [0.2, 0.25) is 0 Å². The van der Waals surface area contributed by atoms with Crippen LogP contribution in [0.5, 0.6) is 5.75 Å². The molecule has 2 rings (SSSR count). The summed E-state index contributed by atoms with van der Waals surface area (Å²) in [5, 5.41) is 0. The largest absolute Gasteiger partial charge is 0.497 e. The van der Waals surface area contributed by atoms with Crippen LogP contribution in [0.3, 0.4) is 0 Å². The van der Waals surface area contributed by atoms with Crippen LogP contribution in [0.25, 0.3) is 0 Å². The zero-order chi connectivity index (χ0) is 14.0. The third-order valence-electron chi connectivity index (χ3n) is 2.59. The predicted octanol–water partition coefficient (Wildman–Crippen LogP) is 3.97. The van der Waals surface area contributed by atoms with Gasteiger partial charge in [0.25, 0.3) is 0 Å². The van der Waals surface area contributed by atoms with E-state index in [4.69, 9.17) is 4.74 Å². The highest BCUT2D eigenvalue weighted by atomic mass is 79.9. The van der Waals surface area contributed by atoms with Gasteiger partial charge in [-0.05, 0) is 40.2 Å². The third kappa shape index (κ3) is 2.81. The van der Waals surface area contributed by atoms with E-state index in [1.807, 2.05) is 0 Å². The summed E-state index contributed by atoms with van der Waals surface area (Å²) in [7, 11) is 1.46. The molecule has 2 aromatic rings. The molecule has 0 atom stereocenters. The monoisotopic (exact) mass is 326 g/mol. The second kappa shape index (κ2) is 5.48. The number of ketones is 1. The van der Waals surface area contributed by atoms with Crippen LogP contribution in [0.15, 0.2) is 40.9 Å². The average Bonchev–Trinajstić information content (AvgIpc) is 2.42. The van der Waals surface area contributed by atoms with Gasteiger partial charge in [0.05, 0.1) is 17.1 Å². The van der Waals surface area contributed by atoms with Gasteiger partial charge in [-0.15, -0.1) is 0 Å². The quantitative estimate of drug-likeness (QED) is 0.630. The van der Waals surface area contributed by atoms with Crippen molar-refractivity contribution >= 4 is 21.7 Å². The Balaban J connectivity index is 2.46. The zero-order valence-corrected chi connectivity index (χ0v) is 11.5. The van der Waals surface area contributed by atoms with Crippen molar-refractivity contribution in [3.63, 3.8) is 0 Å². The minimum atomic E-state index is -0.777. The molecule has 0 bridgehead atoms. The number of hydrogen-bond donors (Lipinski definition) is 0. The van der Waals surface area contributed by atoms with Gasteiger partial charge < -0.3 is 4.74 Å². The molecule has 0 fully saturated rings. The number of hydrogen-bond acceptors (Lipinski definition) is 2. The molecule has 19 heavy (non-hydrogen) atoms. The normalized spacial score (nSPS) is 10.3. The molecule has 2 nitrogen and oxygen atoms in total. The van der Waals surface area contributed by atoms with Gasteiger partial charge in [0.1, 0.15) is 17.4 Å². The molecule has 0 aromatic heterocycles. The standard InChI is InChI=1S/C14H9BrF2O2/c1-19-9-4-2-3-8(5-9)14(18)10-6-13(17)11(15)7-12(10)16/h2-7H,1H3. The second-order valence-electron chi connectivity index (χ2n) is 3.81. The Morgan fingerprint density at radius 2 is 1.89 bits per heavy atom. The highest BCUT2D eigenvalue weighted by Crippen LogP contribution is 2.23. The molecule has 0 aliphatic carbocycles. The minimum Gasteiger partial charge on any atom is -0.497 e. The lowest BCUT2D eigenvalue weighted by molar-refractivity contribution is 0.103. The Kier molecular flexibility index (Phi) is 3.95. The number of rotatable bonds is 3. The maximum atomic E-state index is 13.7. The van der Waals surface area contributed by atoms with Gasteiger partial charge in [0, 0.05) is 5.56 Å². The number of methoxy groups -OCH3 is 1. The summed E-state index contributed by atoms with van der Waals surface area (Å²) in [6.45, 7) is 0. The van der Waals surface area contributed by atoms with Crippen LogP contribution in [0.1, 0.15) is 15.9 Å². The molecule has 0 saturated heterocycles. The molecule has 0 aliphatic heterocycles. The van der Waals surface area contributed by atoms with Crippen LogP contribution >= 0.6 is 15.9 Å². The molecular weight excluding hydrogens is 318 g/mol. The SMILES string of the molecule is COc1cccc(C(=O)c2cc(F)c(Br)cc2F)c1. The maximum absolute atomic E-state index is 13.7. The molecule has 0 unspecified atom stereocenters. The zero-order valence-electron chi connectivity index (χ0n) is 9.91. The molecule has 0 radical (unpaired) electrons. The van der Waals surface area contributed by atoms with Gasteiger partial charge >= 0.3 is 0 Å². The number of ether oxygens (including phenoxy) is 1. The Bertz CT molecular complexity index is 641. The van der Waals surface area contributed by atoms with E-state index in [1.54, 1.807) is 12.1 Å². The Morgan fingerprint density at radius 3 is 2.58 bits per heavy atom. The summed E-state index contributed by atoms with van der Waals surface area (Å²) in [4.78, 5) is 12.1. The molecule has 5 heteroatoms. The number of carbonyl (C=O) groups excluding carboxylic acids is 1. The maximum Gasteiger partial charge on any atom is 0.196 e. The lowest BCUT2D eigenvalue weighted by Crippen LogP contribution is -2.05. The average molecular weight is 327 g/mol. The van der Waals surface area contributed by atoms with Crippen LogP contribution in [-0.4, -0.2) is 12.9 Å². The first-order valence-corrected chi connectivity index (χ1v) is 6.15. The summed E-state index contributed by atoms with van der Waals surface area (Å²) in [5.74, 6) is -1.58. The fraction of sp³-hybridized carbons (Fsp3) is 0.0714. The Labute approximate surface area is 117 Å². The van der Waals surface area contributed by atoms with E-state index in [1.165, 1.54) is 19.2 Å². The molecular formula is C14H9BrF2O2. The molecule has 0 spiro atoms. The van der Waals surface area contributed by atoms with Crippen molar-refractivity contribution in [3.8, 4) is 5.75 Å². The van der Waals surface area contributed by atoms with Crippen LogP contribution in [0.4, 0.5) is 8.78 Å². The molecule has 2 aromatic carbocycles. The highest BCUT2D eigenvalue weighted by molar-refractivity contribution is 9.10. The minimum absolute atomic E-state index is 0.0211. The fourth-order valence-electron chi connectivity index (χ4n) is 1.62. The Hall–Kier alpha value is -1.75. The first kappa shape index (κ1) is 13.7. The third-order valence-corrected chi connectivity index (χ3v) is 3.19.